The summed E-state index contributed by atoms with van der Waals surface area (Å²) in [5.74, 6) is 0.799. The first kappa shape index (κ1) is 13.5. The molecule has 1 fully saturated rings. The average Bonchev–Trinajstić information content (AvgIpc) is 2.44. The Hall–Kier alpha value is -0.550. The first-order valence-electron chi connectivity index (χ1n) is 6.70. The molecule has 92 valence electrons. The topological polar surface area (TPSA) is 35.8 Å². The van der Waals surface area contributed by atoms with Crippen molar-refractivity contribution in [2.24, 2.45) is 11.3 Å². The van der Waals surface area contributed by atoms with Crippen molar-refractivity contribution in [1.29, 1.82) is 5.26 Å². The van der Waals surface area contributed by atoms with E-state index in [1.54, 1.807) is 0 Å². The molecule has 0 aromatic carbocycles. The first-order valence-corrected chi connectivity index (χ1v) is 6.70. The van der Waals surface area contributed by atoms with E-state index in [0.717, 1.165) is 18.9 Å². The zero-order valence-corrected chi connectivity index (χ0v) is 11.1. The van der Waals surface area contributed by atoms with Crippen molar-refractivity contribution in [2.45, 2.75) is 65.3 Å². The maximum atomic E-state index is 8.95. The predicted molar refractivity (Wildman–Crippen MR) is 68.1 cm³/mol. The number of hydrogen-bond donors (Lipinski definition) is 1. The van der Waals surface area contributed by atoms with Crippen molar-refractivity contribution in [3.63, 3.8) is 0 Å². The first-order chi connectivity index (χ1) is 7.55. The van der Waals surface area contributed by atoms with E-state index in [2.05, 4.69) is 18.3 Å². The van der Waals surface area contributed by atoms with Crippen LogP contribution >= 0.6 is 0 Å². The molecule has 16 heavy (non-hydrogen) atoms. The third-order valence-corrected chi connectivity index (χ3v) is 3.82. The van der Waals surface area contributed by atoms with Crippen LogP contribution < -0.4 is 5.32 Å². The third-order valence-electron chi connectivity index (χ3n) is 3.82. The van der Waals surface area contributed by atoms with Crippen molar-refractivity contribution >= 4 is 0 Å². The molecule has 0 aromatic heterocycles. The Morgan fingerprint density at radius 2 is 1.94 bits per heavy atom. The molecule has 0 spiro atoms. The van der Waals surface area contributed by atoms with Gasteiger partial charge in [-0.3, -0.25) is 0 Å². The molecule has 2 heteroatoms. The van der Waals surface area contributed by atoms with Gasteiger partial charge < -0.3 is 5.32 Å². The lowest BCUT2D eigenvalue weighted by Crippen LogP contribution is -2.36. The number of rotatable bonds is 4. The number of nitrogens with zero attached hydrogens (tertiary/aromatic N) is 1. The summed E-state index contributed by atoms with van der Waals surface area (Å²) in [5, 5.41) is 12.6. The summed E-state index contributed by atoms with van der Waals surface area (Å²) < 4.78 is 0. The highest BCUT2D eigenvalue weighted by atomic mass is 14.9. The monoisotopic (exact) mass is 222 g/mol. The maximum absolute atomic E-state index is 8.95. The van der Waals surface area contributed by atoms with Crippen LogP contribution in [-0.4, -0.2) is 12.6 Å². The Morgan fingerprint density at radius 3 is 2.62 bits per heavy atom. The zero-order valence-electron chi connectivity index (χ0n) is 11.1. The number of nitriles is 1. The Kier molecular flexibility index (Phi) is 5.28. The van der Waals surface area contributed by atoms with E-state index in [-0.39, 0.29) is 5.41 Å². The molecule has 2 atom stereocenters. The van der Waals surface area contributed by atoms with Gasteiger partial charge in [-0.15, -0.1) is 0 Å². The Morgan fingerprint density at radius 1 is 1.25 bits per heavy atom. The van der Waals surface area contributed by atoms with Crippen molar-refractivity contribution in [3.05, 3.63) is 0 Å². The molecule has 0 saturated heterocycles. The highest BCUT2D eigenvalue weighted by molar-refractivity contribution is 4.92. The van der Waals surface area contributed by atoms with Crippen LogP contribution in [0.3, 0.4) is 0 Å². The van der Waals surface area contributed by atoms with Gasteiger partial charge >= 0.3 is 0 Å². The van der Waals surface area contributed by atoms with Crippen LogP contribution in [0.25, 0.3) is 0 Å². The molecule has 0 aromatic rings. The molecule has 1 rings (SSSR count). The van der Waals surface area contributed by atoms with Gasteiger partial charge in [-0.2, -0.15) is 5.26 Å². The molecule has 1 aliphatic carbocycles. The van der Waals surface area contributed by atoms with Gasteiger partial charge in [-0.05, 0) is 45.6 Å². The maximum Gasteiger partial charge on any atom is 0.0684 e. The molecule has 0 heterocycles. The van der Waals surface area contributed by atoms with Gasteiger partial charge in [0, 0.05) is 6.04 Å². The fraction of sp³-hybridized carbons (Fsp3) is 0.929. The number of nitrogens with one attached hydrogen (secondary N) is 1. The molecule has 2 unspecified atom stereocenters. The lowest BCUT2D eigenvalue weighted by Gasteiger charge is -2.24. The predicted octanol–water partition coefficient (Wildman–Crippen LogP) is 3.48. The minimum Gasteiger partial charge on any atom is -0.314 e. The molecule has 0 aliphatic heterocycles. The minimum absolute atomic E-state index is 0.180. The van der Waals surface area contributed by atoms with Gasteiger partial charge in [0.15, 0.2) is 0 Å². The van der Waals surface area contributed by atoms with E-state index >= 15 is 0 Å². The second-order valence-electron chi connectivity index (χ2n) is 5.92. The smallest absolute Gasteiger partial charge is 0.0684 e. The molecule has 1 N–H and O–H groups in total. The van der Waals surface area contributed by atoms with Gasteiger partial charge in [0.05, 0.1) is 11.5 Å². The van der Waals surface area contributed by atoms with E-state index < -0.39 is 0 Å². The highest BCUT2D eigenvalue weighted by Gasteiger charge is 2.21. The molecule has 2 nitrogen and oxygen atoms in total. The summed E-state index contributed by atoms with van der Waals surface area (Å²) in [6.45, 7) is 7.38. The lowest BCUT2D eigenvalue weighted by molar-refractivity contribution is 0.333. The van der Waals surface area contributed by atoms with Crippen LogP contribution in [0.15, 0.2) is 0 Å². The Bertz CT molecular complexity index is 240. The quantitative estimate of drug-likeness (QED) is 0.739. The van der Waals surface area contributed by atoms with Crippen molar-refractivity contribution in [1.82, 2.24) is 5.32 Å². The molecule has 0 bridgehead atoms. The van der Waals surface area contributed by atoms with Gasteiger partial charge in [-0.25, -0.2) is 0 Å². The standard InChI is InChI=1S/C14H26N2/c1-12-7-5-4-6-8-13(12)16-10-9-14(2,3)11-15/h12-13,16H,4-10H2,1-3H3. The molecular weight excluding hydrogens is 196 g/mol. The molecule has 0 amide bonds. The second-order valence-corrected chi connectivity index (χ2v) is 5.92. The second kappa shape index (κ2) is 6.25. The van der Waals surface area contributed by atoms with Crippen molar-refractivity contribution < 1.29 is 0 Å². The largest absolute Gasteiger partial charge is 0.314 e. The van der Waals surface area contributed by atoms with Crippen molar-refractivity contribution in [3.8, 4) is 6.07 Å². The molecule has 1 aliphatic rings. The van der Waals surface area contributed by atoms with E-state index in [4.69, 9.17) is 5.26 Å². The van der Waals surface area contributed by atoms with Gasteiger partial charge in [0.1, 0.15) is 0 Å². The highest BCUT2D eigenvalue weighted by Crippen LogP contribution is 2.23. The van der Waals surface area contributed by atoms with Crippen LogP contribution in [0, 0.1) is 22.7 Å². The summed E-state index contributed by atoms with van der Waals surface area (Å²) in [4.78, 5) is 0. The summed E-state index contributed by atoms with van der Waals surface area (Å²) in [5.41, 5.74) is -0.180. The third kappa shape index (κ3) is 4.53. The Labute approximate surface area is 100 Å². The van der Waals surface area contributed by atoms with Crippen LogP contribution in [0.5, 0.6) is 0 Å². The lowest BCUT2D eigenvalue weighted by atomic mass is 9.90. The Balaban J connectivity index is 2.28. The molecule has 1 saturated carbocycles. The van der Waals surface area contributed by atoms with Gasteiger partial charge in [-0.1, -0.05) is 26.2 Å². The van der Waals surface area contributed by atoms with Crippen molar-refractivity contribution in [2.75, 3.05) is 6.54 Å². The fourth-order valence-corrected chi connectivity index (χ4v) is 2.42. The van der Waals surface area contributed by atoms with Gasteiger partial charge in [0.25, 0.3) is 0 Å². The van der Waals surface area contributed by atoms with E-state index in [9.17, 15) is 0 Å². The normalized spacial score (nSPS) is 27.1. The van der Waals surface area contributed by atoms with Gasteiger partial charge in [0.2, 0.25) is 0 Å². The summed E-state index contributed by atoms with van der Waals surface area (Å²) in [6.07, 6.45) is 7.78. The molecular formula is C14H26N2. The fourth-order valence-electron chi connectivity index (χ4n) is 2.42. The number of hydrogen-bond acceptors (Lipinski definition) is 2. The average molecular weight is 222 g/mol. The van der Waals surface area contributed by atoms with E-state index in [1.807, 2.05) is 13.8 Å². The summed E-state index contributed by atoms with van der Waals surface area (Å²) in [7, 11) is 0. The van der Waals surface area contributed by atoms with Crippen LogP contribution in [0.1, 0.15) is 59.3 Å². The molecule has 0 radical (unpaired) electrons. The summed E-state index contributed by atoms with van der Waals surface area (Å²) in [6, 6.07) is 3.04. The summed E-state index contributed by atoms with van der Waals surface area (Å²) >= 11 is 0. The SMILES string of the molecule is CC1CCCCCC1NCCC(C)(C)C#N. The van der Waals surface area contributed by atoms with Crippen LogP contribution in [0.4, 0.5) is 0 Å². The zero-order chi connectivity index (χ0) is 12.0. The minimum atomic E-state index is -0.180. The van der Waals surface area contributed by atoms with Crippen LogP contribution in [0.2, 0.25) is 0 Å². The van der Waals surface area contributed by atoms with E-state index in [1.165, 1.54) is 32.1 Å². The van der Waals surface area contributed by atoms with Crippen LogP contribution in [-0.2, 0) is 0 Å². The van der Waals surface area contributed by atoms with E-state index in [0.29, 0.717) is 6.04 Å².